The van der Waals surface area contributed by atoms with Crippen LogP contribution in [0.2, 0.25) is 5.02 Å². The molecule has 1 aromatic carbocycles. The molecule has 0 spiro atoms. The van der Waals surface area contributed by atoms with E-state index in [1.165, 1.54) is 17.3 Å². The highest BCUT2D eigenvalue weighted by Crippen LogP contribution is 2.30. The third kappa shape index (κ3) is 3.43. The largest absolute Gasteiger partial charge is 0.455 e. The number of aromatic nitrogens is 3. The van der Waals surface area contributed by atoms with Gasteiger partial charge in [-0.15, -0.1) is 0 Å². The van der Waals surface area contributed by atoms with Crippen LogP contribution >= 0.6 is 11.6 Å². The summed E-state index contributed by atoms with van der Waals surface area (Å²) < 4.78 is 6.44. The summed E-state index contributed by atoms with van der Waals surface area (Å²) in [5.41, 5.74) is 1.08. The third-order valence-corrected chi connectivity index (χ3v) is 3.39. The number of rotatable bonds is 5. The predicted molar refractivity (Wildman–Crippen MR) is 78.7 cm³/mol. The van der Waals surface area contributed by atoms with Gasteiger partial charge in [0.2, 0.25) is 0 Å². The van der Waals surface area contributed by atoms with Gasteiger partial charge in [-0.05, 0) is 31.0 Å². The van der Waals surface area contributed by atoms with Crippen molar-refractivity contribution in [3.8, 4) is 5.69 Å². The van der Waals surface area contributed by atoms with E-state index < -0.39 is 5.91 Å². The number of hydrogen-bond acceptors (Lipinski definition) is 5. The normalized spacial score (nSPS) is 13.7. The van der Waals surface area contributed by atoms with E-state index in [4.69, 9.17) is 16.3 Å². The highest BCUT2D eigenvalue weighted by atomic mass is 35.5. The molecule has 0 aliphatic heterocycles. The van der Waals surface area contributed by atoms with Gasteiger partial charge < -0.3 is 10.1 Å². The van der Waals surface area contributed by atoms with E-state index in [0.29, 0.717) is 16.4 Å². The SMILES string of the molecule is O=C(COC(=O)C1CC1)Nc1cc(Cl)ccc1-n1cncn1. The Morgan fingerprint density at radius 3 is 2.91 bits per heavy atom. The maximum absolute atomic E-state index is 11.9. The fourth-order valence-electron chi connectivity index (χ4n) is 1.90. The molecule has 2 aromatic rings. The maximum atomic E-state index is 11.9. The van der Waals surface area contributed by atoms with Crippen LogP contribution < -0.4 is 5.32 Å². The van der Waals surface area contributed by atoms with Gasteiger partial charge >= 0.3 is 5.97 Å². The average molecular weight is 321 g/mol. The van der Waals surface area contributed by atoms with E-state index in [-0.39, 0.29) is 18.5 Å². The summed E-state index contributed by atoms with van der Waals surface area (Å²) in [4.78, 5) is 27.2. The summed E-state index contributed by atoms with van der Waals surface area (Å²) in [5, 5.41) is 7.15. The number of carbonyl (C=O) groups excluding carboxylic acids is 2. The lowest BCUT2D eigenvalue weighted by atomic mass is 10.2. The molecule has 1 aliphatic carbocycles. The number of amides is 1. The summed E-state index contributed by atoms with van der Waals surface area (Å²) in [6.45, 7) is -0.321. The quantitative estimate of drug-likeness (QED) is 0.849. The summed E-state index contributed by atoms with van der Waals surface area (Å²) >= 11 is 5.96. The number of nitrogens with zero attached hydrogens (tertiary/aromatic N) is 3. The number of halogens is 1. The van der Waals surface area contributed by atoms with Crippen LogP contribution in [0.15, 0.2) is 30.9 Å². The van der Waals surface area contributed by atoms with Gasteiger partial charge in [0.05, 0.1) is 17.3 Å². The molecule has 8 heteroatoms. The Labute approximate surface area is 131 Å². The van der Waals surface area contributed by atoms with Crippen molar-refractivity contribution in [3.05, 3.63) is 35.9 Å². The highest BCUT2D eigenvalue weighted by Gasteiger charge is 2.31. The van der Waals surface area contributed by atoms with Crippen molar-refractivity contribution in [2.45, 2.75) is 12.8 Å². The van der Waals surface area contributed by atoms with Crippen LogP contribution in [0.4, 0.5) is 5.69 Å². The molecule has 1 amide bonds. The minimum Gasteiger partial charge on any atom is -0.455 e. The van der Waals surface area contributed by atoms with Crippen molar-refractivity contribution in [1.29, 1.82) is 0 Å². The minimum absolute atomic E-state index is 0.0373. The second-order valence-electron chi connectivity index (χ2n) is 4.93. The second kappa shape index (κ2) is 6.15. The molecular weight excluding hydrogens is 308 g/mol. The van der Waals surface area contributed by atoms with E-state index in [1.54, 1.807) is 18.2 Å². The molecule has 1 fully saturated rings. The number of carbonyl (C=O) groups is 2. The zero-order chi connectivity index (χ0) is 15.5. The molecule has 0 radical (unpaired) electrons. The van der Waals surface area contributed by atoms with E-state index in [9.17, 15) is 9.59 Å². The second-order valence-corrected chi connectivity index (χ2v) is 5.37. The first-order chi connectivity index (χ1) is 10.6. The molecule has 1 saturated carbocycles. The standard InChI is InChI=1S/C14H13ClN4O3/c15-10-3-4-12(19-8-16-7-17-19)11(5-10)18-13(20)6-22-14(21)9-1-2-9/h3-5,7-9H,1-2,6H2,(H,18,20). The molecule has 1 heterocycles. The number of ether oxygens (including phenoxy) is 1. The van der Waals surface area contributed by atoms with Gasteiger partial charge in [-0.2, -0.15) is 5.10 Å². The number of nitrogens with one attached hydrogen (secondary N) is 1. The Kier molecular flexibility index (Phi) is 4.06. The minimum atomic E-state index is -0.433. The molecule has 7 nitrogen and oxygen atoms in total. The monoisotopic (exact) mass is 320 g/mol. The lowest BCUT2D eigenvalue weighted by molar-refractivity contribution is -0.148. The van der Waals surface area contributed by atoms with Gasteiger partial charge in [0.25, 0.3) is 5.91 Å². The van der Waals surface area contributed by atoms with Crippen molar-refractivity contribution >= 4 is 29.2 Å². The Bertz CT molecular complexity index is 698. The smallest absolute Gasteiger partial charge is 0.309 e. The molecule has 0 unspecified atom stereocenters. The van der Waals surface area contributed by atoms with Crippen molar-refractivity contribution in [2.75, 3.05) is 11.9 Å². The fourth-order valence-corrected chi connectivity index (χ4v) is 2.07. The van der Waals surface area contributed by atoms with Crippen LogP contribution in [-0.4, -0.2) is 33.2 Å². The van der Waals surface area contributed by atoms with Gasteiger partial charge in [0, 0.05) is 5.02 Å². The zero-order valence-electron chi connectivity index (χ0n) is 11.5. The molecule has 0 bridgehead atoms. The zero-order valence-corrected chi connectivity index (χ0v) is 12.3. The van der Waals surface area contributed by atoms with Gasteiger partial charge in [0.15, 0.2) is 6.61 Å². The van der Waals surface area contributed by atoms with Gasteiger partial charge in [0.1, 0.15) is 12.7 Å². The molecule has 1 aromatic heterocycles. The molecule has 22 heavy (non-hydrogen) atoms. The summed E-state index contributed by atoms with van der Waals surface area (Å²) in [7, 11) is 0. The Balaban J connectivity index is 1.69. The molecule has 0 atom stereocenters. The van der Waals surface area contributed by atoms with Crippen LogP contribution in [0.1, 0.15) is 12.8 Å². The fraction of sp³-hybridized carbons (Fsp3) is 0.286. The average Bonchev–Trinajstić information content (AvgIpc) is 3.21. The topological polar surface area (TPSA) is 86.1 Å². The lowest BCUT2D eigenvalue weighted by Gasteiger charge is -2.11. The van der Waals surface area contributed by atoms with Crippen LogP contribution in [0.5, 0.6) is 0 Å². The first-order valence-electron chi connectivity index (χ1n) is 6.74. The Morgan fingerprint density at radius 2 is 2.23 bits per heavy atom. The van der Waals surface area contributed by atoms with E-state index in [0.717, 1.165) is 12.8 Å². The molecule has 3 rings (SSSR count). The number of benzene rings is 1. The van der Waals surface area contributed by atoms with Crippen LogP contribution in [0, 0.1) is 5.92 Å². The highest BCUT2D eigenvalue weighted by molar-refractivity contribution is 6.31. The molecular formula is C14H13ClN4O3. The van der Waals surface area contributed by atoms with Crippen molar-refractivity contribution in [2.24, 2.45) is 5.92 Å². The lowest BCUT2D eigenvalue weighted by Crippen LogP contribution is -2.22. The summed E-state index contributed by atoms with van der Waals surface area (Å²) in [6.07, 6.45) is 4.57. The molecule has 1 N–H and O–H groups in total. The maximum Gasteiger partial charge on any atom is 0.309 e. The Morgan fingerprint density at radius 1 is 1.41 bits per heavy atom. The molecule has 114 valence electrons. The number of anilines is 1. The van der Waals surface area contributed by atoms with Crippen LogP contribution in [0.25, 0.3) is 5.69 Å². The first kappa shape index (κ1) is 14.5. The first-order valence-corrected chi connectivity index (χ1v) is 7.12. The van der Waals surface area contributed by atoms with E-state index in [1.807, 2.05) is 0 Å². The molecule has 0 saturated heterocycles. The van der Waals surface area contributed by atoms with Gasteiger partial charge in [-0.3, -0.25) is 9.59 Å². The predicted octanol–water partition coefficient (Wildman–Crippen LogP) is 1.81. The summed E-state index contributed by atoms with van der Waals surface area (Å²) in [5.74, 6) is -0.792. The van der Waals surface area contributed by atoms with E-state index >= 15 is 0 Å². The van der Waals surface area contributed by atoms with Crippen LogP contribution in [-0.2, 0) is 14.3 Å². The van der Waals surface area contributed by atoms with Crippen molar-refractivity contribution in [1.82, 2.24) is 14.8 Å². The van der Waals surface area contributed by atoms with Crippen molar-refractivity contribution in [3.63, 3.8) is 0 Å². The van der Waals surface area contributed by atoms with Gasteiger partial charge in [-0.1, -0.05) is 11.6 Å². The number of esters is 1. The summed E-state index contributed by atoms with van der Waals surface area (Å²) in [6, 6.07) is 4.99. The molecule has 1 aliphatic rings. The third-order valence-electron chi connectivity index (χ3n) is 3.15. The van der Waals surface area contributed by atoms with E-state index in [2.05, 4.69) is 15.4 Å². The number of hydrogen-bond donors (Lipinski definition) is 1. The van der Waals surface area contributed by atoms with Gasteiger partial charge in [-0.25, -0.2) is 9.67 Å². The van der Waals surface area contributed by atoms with Crippen molar-refractivity contribution < 1.29 is 14.3 Å². The van der Waals surface area contributed by atoms with Crippen LogP contribution in [0.3, 0.4) is 0 Å². The Hall–Kier alpha value is -2.41.